The van der Waals surface area contributed by atoms with E-state index in [4.69, 9.17) is 5.73 Å². The van der Waals surface area contributed by atoms with Gasteiger partial charge in [0.05, 0.1) is 11.3 Å². The van der Waals surface area contributed by atoms with Crippen LogP contribution in [0.15, 0.2) is 18.2 Å². The zero-order chi connectivity index (χ0) is 14.7. The minimum atomic E-state index is -4.64. The maximum Gasteiger partial charge on any atom is 0.418 e. The van der Waals surface area contributed by atoms with Gasteiger partial charge in [0.15, 0.2) is 0 Å². The number of nitrogens with two attached hydrogens (primary N) is 1. The number of nitrogen functional groups attached to an aromatic ring is 1. The third kappa shape index (κ3) is 4.60. The maximum atomic E-state index is 12.6. The van der Waals surface area contributed by atoms with Crippen LogP contribution in [0.3, 0.4) is 0 Å². The first kappa shape index (κ1) is 15.6. The number of rotatable bonds is 5. The highest BCUT2D eigenvalue weighted by Gasteiger charge is 2.33. The molecule has 1 aromatic carbocycles. The lowest BCUT2D eigenvalue weighted by Gasteiger charge is -2.13. The number of anilines is 2. The van der Waals surface area contributed by atoms with Crippen molar-refractivity contribution in [2.24, 2.45) is 0 Å². The molecule has 0 atom stereocenters. The van der Waals surface area contributed by atoms with E-state index in [1.54, 1.807) is 6.92 Å². The first-order valence-electron chi connectivity index (χ1n) is 5.40. The van der Waals surface area contributed by atoms with Crippen molar-refractivity contribution in [1.82, 2.24) is 4.72 Å². The minimum Gasteiger partial charge on any atom is -0.398 e. The van der Waals surface area contributed by atoms with E-state index in [-0.39, 0.29) is 12.2 Å². The van der Waals surface area contributed by atoms with Crippen molar-refractivity contribution < 1.29 is 21.6 Å². The number of benzene rings is 1. The van der Waals surface area contributed by atoms with Crippen LogP contribution in [0, 0.1) is 0 Å². The summed E-state index contributed by atoms with van der Waals surface area (Å²) in [6, 6.07) is 2.82. The number of alkyl halides is 3. The molecule has 0 amide bonds. The zero-order valence-corrected chi connectivity index (χ0v) is 10.9. The molecule has 0 saturated carbocycles. The molecular formula is C10H14F3N3O2S. The van der Waals surface area contributed by atoms with Gasteiger partial charge in [-0.25, -0.2) is 0 Å². The van der Waals surface area contributed by atoms with Crippen LogP contribution in [0.5, 0.6) is 0 Å². The average Bonchev–Trinajstić information content (AvgIpc) is 2.27. The average molecular weight is 297 g/mol. The summed E-state index contributed by atoms with van der Waals surface area (Å²) in [7, 11) is -3.88. The standard InChI is InChI=1S/C10H14F3N3O2S/c1-2-5-15-19(17,18)16-7-3-4-9(14)8(6-7)10(11,12)13/h3-4,6,15-16H,2,5,14H2,1H3. The fourth-order valence-electron chi connectivity index (χ4n) is 1.29. The van der Waals surface area contributed by atoms with Gasteiger partial charge in [-0.3, -0.25) is 4.72 Å². The Morgan fingerprint density at radius 2 is 1.95 bits per heavy atom. The Kier molecular flexibility index (Phi) is 4.64. The summed E-state index contributed by atoms with van der Waals surface area (Å²) in [5, 5.41) is 0. The van der Waals surface area contributed by atoms with Crippen LogP contribution in [0.1, 0.15) is 18.9 Å². The van der Waals surface area contributed by atoms with Gasteiger partial charge in [-0.2, -0.15) is 26.3 Å². The fraction of sp³-hybridized carbons (Fsp3) is 0.400. The quantitative estimate of drug-likeness (QED) is 0.726. The molecule has 19 heavy (non-hydrogen) atoms. The van der Waals surface area contributed by atoms with E-state index in [1.807, 2.05) is 4.72 Å². The molecule has 0 fully saturated rings. The third-order valence-corrected chi connectivity index (χ3v) is 3.24. The molecule has 0 aliphatic carbocycles. The molecule has 0 saturated heterocycles. The van der Waals surface area contributed by atoms with Gasteiger partial charge in [-0.15, -0.1) is 0 Å². The molecule has 5 nitrogen and oxygen atoms in total. The van der Waals surface area contributed by atoms with Gasteiger partial charge < -0.3 is 5.73 Å². The molecule has 4 N–H and O–H groups in total. The molecule has 0 heterocycles. The molecule has 0 aliphatic rings. The van der Waals surface area contributed by atoms with Crippen LogP contribution < -0.4 is 15.2 Å². The van der Waals surface area contributed by atoms with E-state index in [9.17, 15) is 21.6 Å². The van der Waals surface area contributed by atoms with E-state index in [0.717, 1.165) is 12.1 Å². The van der Waals surface area contributed by atoms with Gasteiger partial charge in [0.1, 0.15) is 0 Å². The second-order valence-corrected chi connectivity index (χ2v) is 5.30. The molecule has 108 valence electrons. The molecule has 1 aromatic rings. The van der Waals surface area contributed by atoms with Crippen LogP contribution in [-0.2, 0) is 16.4 Å². The Balaban J connectivity index is 2.98. The lowest BCUT2D eigenvalue weighted by atomic mass is 10.1. The number of hydrogen-bond donors (Lipinski definition) is 3. The van der Waals surface area contributed by atoms with Crippen LogP contribution in [0.4, 0.5) is 24.5 Å². The van der Waals surface area contributed by atoms with Gasteiger partial charge in [0, 0.05) is 12.2 Å². The number of nitrogens with one attached hydrogen (secondary N) is 2. The zero-order valence-electron chi connectivity index (χ0n) is 10.1. The van der Waals surface area contributed by atoms with Crippen LogP contribution in [-0.4, -0.2) is 15.0 Å². The molecule has 9 heteroatoms. The Morgan fingerprint density at radius 1 is 1.32 bits per heavy atom. The third-order valence-electron chi connectivity index (χ3n) is 2.15. The van der Waals surface area contributed by atoms with Crippen molar-refractivity contribution in [2.75, 3.05) is 17.0 Å². The van der Waals surface area contributed by atoms with Crippen molar-refractivity contribution in [1.29, 1.82) is 0 Å². The summed E-state index contributed by atoms with van der Waals surface area (Å²) in [5.74, 6) is 0. The Labute approximate surface area is 109 Å². The maximum absolute atomic E-state index is 12.6. The fourth-order valence-corrected chi connectivity index (χ4v) is 2.28. The van der Waals surface area contributed by atoms with Gasteiger partial charge in [-0.05, 0) is 24.6 Å². The molecule has 0 unspecified atom stereocenters. The van der Waals surface area contributed by atoms with Gasteiger partial charge in [-0.1, -0.05) is 6.92 Å². The van der Waals surface area contributed by atoms with E-state index in [0.29, 0.717) is 12.5 Å². The van der Waals surface area contributed by atoms with Crippen molar-refractivity contribution >= 4 is 21.6 Å². The lowest BCUT2D eigenvalue weighted by molar-refractivity contribution is -0.136. The highest BCUT2D eigenvalue weighted by molar-refractivity contribution is 7.90. The largest absolute Gasteiger partial charge is 0.418 e. The van der Waals surface area contributed by atoms with Gasteiger partial charge >= 0.3 is 6.18 Å². The Morgan fingerprint density at radius 3 is 2.47 bits per heavy atom. The monoisotopic (exact) mass is 297 g/mol. The summed E-state index contributed by atoms with van der Waals surface area (Å²) in [4.78, 5) is 0. The normalized spacial score (nSPS) is 12.4. The summed E-state index contributed by atoms with van der Waals surface area (Å²) in [5.41, 5.74) is 3.46. The lowest BCUT2D eigenvalue weighted by Crippen LogP contribution is -2.30. The molecule has 0 aromatic heterocycles. The van der Waals surface area contributed by atoms with E-state index >= 15 is 0 Å². The number of hydrogen-bond acceptors (Lipinski definition) is 3. The molecule has 0 aliphatic heterocycles. The van der Waals surface area contributed by atoms with Crippen LogP contribution >= 0.6 is 0 Å². The van der Waals surface area contributed by atoms with Crippen molar-refractivity contribution in [2.45, 2.75) is 19.5 Å². The first-order chi connectivity index (χ1) is 8.65. The van der Waals surface area contributed by atoms with E-state index < -0.39 is 27.6 Å². The molecule has 0 radical (unpaired) electrons. The second-order valence-electron chi connectivity index (χ2n) is 3.80. The molecule has 0 spiro atoms. The second kappa shape index (κ2) is 5.66. The predicted molar refractivity (Wildman–Crippen MR) is 66.7 cm³/mol. The minimum absolute atomic E-state index is 0.191. The summed E-state index contributed by atoms with van der Waals surface area (Å²) in [6.07, 6.45) is -4.07. The van der Waals surface area contributed by atoms with E-state index in [2.05, 4.69) is 4.72 Å². The summed E-state index contributed by atoms with van der Waals surface area (Å²) >= 11 is 0. The van der Waals surface area contributed by atoms with Crippen molar-refractivity contribution in [3.05, 3.63) is 23.8 Å². The summed E-state index contributed by atoms with van der Waals surface area (Å²) < 4.78 is 64.9. The SMILES string of the molecule is CCCNS(=O)(=O)Nc1ccc(N)c(C(F)(F)F)c1. The Bertz CT molecular complexity index is 543. The van der Waals surface area contributed by atoms with Gasteiger partial charge in [0.2, 0.25) is 0 Å². The van der Waals surface area contributed by atoms with Gasteiger partial charge in [0.25, 0.3) is 10.2 Å². The van der Waals surface area contributed by atoms with Crippen LogP contribution in [0.2, 0.25) is 0 Å². The van der Waals surface area contributed by atoms with Crippen molar-refractivity contribution in [3.8, 4) is 0 Å². The summed E-state index contributed by atoms with van der Waals surface area (Å²) in [6.45, 7) is 1.95. The topological polar surface area (TPSA) is 84.2 Å². The smallest absolute Gasteiger partial charge is 0.398 e. The highest BCUT2D eigenvalue weighted by atomic mass is 32.2. The van der Waals surface area contributed by atoms with Crippen LogP contribution in [0.25, 0.3) is 0 Å². The van der Waals surface area contributed by atoms with E-state index in [1.165, 1.54) is 0 Å². The van der Waals surface area contributed by atoms with Crippen molar-refractivity contribution in [3.63, 3.8) is 0 Å². The Hall–Kier alpha value is -1.48. The number of halogens is 3. The molecule has 0 bridgehead atoms. The molecular weight excluding hydrogens is 283 g/mol. The first-order valence-corrected chi connectivity index (χ1v) is 6.88. The predicted octanol–water partition coefficient (Wildman–Crippen LogP) is 1.94. The highest BCUT2D eigenvalue weighted by Crippen LogP contribution is 2.35. The molecule has 1 rings (SSSR count).